The molecule has 2 aliphatic rings. The topological polar surface area (TPSA) is 161 Å². The number of Topliss-reactive ketones (excluding diaryl/α,β-unsaturated/α-hetero) is 2. The summed E-state index contributed by atoms with van der Waals surface area (Å²) in [7, 11) is 1.17. The minimum atomic E-state index is -4.56. The monoisotopic (exact) mass is 1130 g/mol. The molecule has 0 aliphatic carbocycles. The van der Waals surface area contributed by atoms with Crippen LogP contribution in [0.3, 0.4) is 0 Å². The molecule has 0 saturated carbocycles. The highest BCUT2D eigenvalue weighted by atomic mass is 32.2. The second-order valence-electron chi connectivity index (χ2n) is 20.9. The van der Waals surface area contributed by atoms with Crippen LogP contribution < -0.4 is 9.47 Å². The molecule has 0 radical (unpaired) electrons. The van der Waals surface area contributed by atoms with E-state index in [-0.39, 0.29) is 31.0 Å². The molecule has 422 valence electrons. The maximum atomic E-state index is 13.8. The van der Waals surface area contributed by atoms with Gasteiger partial charge in [-0.3, -0.25) is 28.2 Å². The van der Waals surface area contributed by atoms with Crippen molar-refractivity contribution in [2.45, 2.75) is 145 Å². The van der Waals surface area contributed by atoms with Crippen LogP contribution in [0, 0.1) is 0 Å². The number of thioether (sulfide) groups is 2. The van der Waals surface area contributed by atoms with E-state index in [4.69, 9.17) is 28.0 Å². The number of aryl methyl sites for hydroxylation is 2. The standard InChI is InChI=1S/C62H80NO12PS2/c1-6-8-10-12-14-16-39-70-50-34-30-46(31-35-50)42-55-61(66)59-48(22-18-26-53(59)77-55)24-20-28-57(64)72-44-52(45-74-76(68,69)73-41-38-63(3,4)5)75-58(65)29-21-25-49-23-19-27-54-60(49)62(67)56(78-54)43-47-32-36-51(37-33-47)71-40-17-15-13-11-9-7-2/h18-19,22-23,26-27,30-37,42-43,52H,6-17,20-21,24-25,28-29,38-41,44-45H2,1-5H3/p+1/b55-42-,56-43-. The number of ether oxygens (including phenoxy) is 4. The van der Waals surface area contributed by atoms with Crippen molar-refractivity contribution in [3.05, 3.63) is 128 Å². The van der Waals surface area contributed by atoms with Gasteiger partial charge in [-0.1, -0.05) is 150 Å². The average Bonchev–Trinajstić information content (AvgIpc) is 4.00. The van der Waals surface area contributed by atoms with Crippen molar-refractivity contribution in [1.29, 1.82) is 0 Å². The van der Waals surface area contributed by atoms with Gasteiger partial charge in [-0.05, 0) is 109 Å². The number of phosphoric ester groups is 1. The summed E-state index contributed by atoms with van der Waals surface area (Å²) < 4.78 is 46.9. The lowest BCUT2D eigenvalue weighted by molar-refractivity contribution is -0.870. The second-order valence-corrected chi connectivity index (χ2v) is 24.6. The van der Waals surface area contributed by atoms with Crippen molar-refractivity contribution in [3.63, 3.8) is 0 Å². The van der Waals surface area contributed by atoms with E-state index in [0.29, 0.717) is 70.9 Å². The molecule has 2 atom stereocenters. The van der Waals surface area contributed by atoms with Crippen LogP contribution in [-0.4, -0.2) is 99.7 Å². The van der Waals surface area contributed by atoms with Crippen LogP contribution in [-0.2, 0) is 45.5 Å². The first-order valence-electron chi connectivity index (χ1n) is 28.0. The third-order valence-corrected chi connectivity index (χ3v) is 16.4. The fourth-order valence-corrected chi connectivity index (χ4v) is 11.8. The van der Waals surface area contributed by atoms with E-state index in [1.54, 1.807) is 0 Å². The number of unbranched alkanes of at least 4 members (excludes halogenated alkanes) is 10. The van der Waals surface area contributed by atoms with Gasteiger partial charge in [0.2, 0.25) is 11.6 Å². The number of likely N-dealkylation sites (N-methyl/N-ethyl adjacent to an activating group) is 1. The molecule has 4 aromatic carbocycles. The van der Waals surface area contributed by atoms with Crippen molar-refractivity contribution in [2.75, 3.05) is 60.7 Å². The quantitative estimate of drug-likeness (QED) is 0.0151. The molecule has 78 heavy (non-hydrogen) atoms. The smallest absolute Gasteiger partial charge is 0.472 e. The molecular weight excluding hydrogens is 1050 g/mol. The zero-order chi connectivity index (χ0) is 55.8. The Morgan fingerprint density at radius 2 is 1.04 bits per heavy atom. The van der Waals surface area contributed by atoms with Gasteiger partial charge in [0.1, 0.15) is 31.3 Å². The first-order chi connectivity index (χ1) is 37.6. The third kappa shape index (κ3) is 21.2. The Hall–Kier alpha value is -4.99. The Morgan fingerprint density at radius 1 is 0.577 bits per heavy atom. The Kier molecular flexibility index (Phi) is 25.8. The molecular formula is C62H81NO12PS2+. The molecule has 13 nitrogen and oxygen atoms in total. The summed E-state index contributed by atoms with van der Waals surface area (Å²) >= 11 is 2.85. The van der Waals surface area contributed by atoms with Crippen LogP contribution in [0.5, 0.6) is 11.5 Å². The number of carbonyl (C=O) groups is 4. The van der Waals surface area contributed by atoms with Gasteiger partial charge in [0, 0.05) is 33.8 Å². The number of hydrogen-bond acceptors (Lipinski definition) is 13. The maximum Gasteiger partial charge on any atom is 0.472 e. The van der Waals surface area contributed by atoms with Gasteiger partial charge in [-0.25, -0.2) is 4.57 Å². The van der Waals surface area contributed by atoms with E-state index < -0.39 is 39.1 Å². The summed E-state index contributed by atoms with van der Waals surface area (Å²) in [5.41, 5.74) is 4.68. The number of esters is 2. The van der Waals surface area contributed by atoms with E-state index in [2.05, 4.69) is 13.8 Å². The lowest BCUT2D eigenvalue weighted by Gasteiger charge is -2.24. The number of quaternary nitrogens is 1. The van der Waals surface area contributed by atoms with Crippen molar-refractivity contribution in [2.24, 2.45) is 0 Å². The number of rotatable bonds is 36. The molecule has 4 aromatic rings. The molecule has 0 amide bonds. The predicted molar refractivity (Wildman–Crippen MR) is 311 cm³/mol. The van der Waals surface area contributed by atoms with Gasteiger partial charge >= 0.3 is 19.8 Å². The number of fused-ring (bicyclic) bond motifs is 2. The molecule has 0 aromatic heterocycles. The van der Waals surface area contributed by atoms with Crippen molar-refractivity contribution >= 4 is 67.0 Å². The zero-order valence-electron chi connectivity index (χ0n) is 46.4. The minimum absolute atomic E-state index is 0.00502. The highest BCUT2D eigenvalue weighted by Crippen LogP contribution is 2.45. The molecule has 1 N–H and O–H groups in total. The summed E-state index contributed by atoms with van der Waals surface area (Å²) in [4.78, 5) is 67.4. The van der Waals surface area contributed by atoms with E-state index >= 15 is 0 Å². The second kappa shape index (κ2) is 32.3. The molecule has 6 rings (SSSR count). The minimum Gasteiger partial charge on any atom is -0.494 e. The van der Waals surface area contributed by atoms with Gasteiger partial charge in [0.05, 0.1) is 50.8 Å². The number of allylic oxidation sites excluding steroid dienone is 2. The maximum absolute atomic E-state index is 13.8. The van der Waals surface area contributed by atoms with Gasteiger partial charge < -0.3 is 28.3 Å². The van der Waals surface area contributed by atoms with E-state index in [1.165, 1.54) is 74.9 Å². The number of ketones is 2. The normalized spacial score (nSPS) is 15.3. The van der Waals surface area contributed by atoms with Crippen molar-refractivity contribution in [3.8, 4) is 11.5 Å². The SMILES string of the molecule is CCCCCCCCOc1ccc(/C=C2\Sc3cccc(CCCC(=O)OCC(COP(=O)(O)OCC[N+](C)(C)C)OC(=O)CCCc4cccc5c4C(=O)/C(=C/c4ccc(OCCCCCCCC)cc4)S5)c3C2=O)cc1. The first kappa shape index (κ1) is 62.2. The molecule has 0 saturated heterocycles. The average molecular weight is 1130 g/mol. The van der Waals surface area contributed by atoms with Gasteiger partial charge in [0.25, 0.3) is 0 Å². The van der Waals surface area contributed by atoms with E-state index in [9.17, 15) is 28.6 Å². The van der Waals surface area contributed by atoms with E-state index in [1.807, 2.05) is 118 Å². The summed E-state index contributed by atoms with van der Waals surface area (Å²) in [6.45, 7) is 5.17. The highest BCUT2D eigenvalue weighted by Gasteiger charge is 2.31. The Morgan fingerprint density at radius 3 is 1.51 bits per heavy atom. The van der Waals surface area contributed by atoms with Gasteiger partial charge in [-0.15, -0.1) is 0 Å². The van der Waals surface area contributed by atoms with Gasteiger partial charge in [0.15, 0.2) is 6.10 Å². The number of carbonyl (C=O) groups excluding carboxylic acids is 4. The van der Waals surface area contributed by atoms with Crippen LogP contribution in [0.4, 0.5) is 0 Å². The summed E-state index contributed by atoms with van der Waals surface area (Å²) in [6.07, 6.45) is 18.5. The number of hydrogen-bond donors (Lipinski definition) is 1. The highest BCUT2D eigenvalue weighted by molar-refractivity contribution is 8.05. The van der Waals surface area contributed by atoms with E-state index in [0.717, 1.165) is 69.2 Å². The fraction of sp³-hybridized carbons (Fsp3) is 0.484. The van der Waals surface area contributed by atoms with Crippen LogP contribution >= 0.6 is 31.3 Å². The molecule has 2 aliphatic heterocycles. The Balaban J connectivity index is 0.978. The van der Waals surface area contributed by atoms with Crippen molar-refractivity contribution in [1.82, 2.24) is 0 Å². The fourth-order valence-electron chi connectivity index (χ4n) is 8.90. The number of nitrogens with zero attached hydrogens (tertiary/aromatic N) is 1. The summed E-state index contributed by atoms with van der Waals surface area (Å²) in [5.74, 6) is 0.264. The van der Waals surface area contributed by atoms with Crippen LogP contribution in [0.25, 0.3) is 12.2 Å². The summed E-state index contributed by atoms with van der Waals surface area (Å²) in [5, 5.41) is 0. The first-order valence-corrected chi connectivity index (χ1v) is 31.1. The Bertz CT molecular complexity index is 2700. The summed E-state index contributed by atoms with van der Waals surface area (Å²) in [6, 6.07) is 27.0. The molecule has 2 unspecified atom stereocenters. The third-order valence-electron chi connectivity index (χ3n) is 13.3. The number of phosphoric acid groups is 1. The molecule has 2 heterocycles. The lowest BCUT2D eigenvalue weighted by atomic mass is 9.98. The largest absolute Gasteiger partial charge is 0.494 e. The van der Waals surface area contributed by atoms with Crippen LogP contribution in [0.15, 0.2) is 105 Å². The van der Waals surface area contributed by atoms with Gasteiger partial charge in [-0.2, -0.15) is 0 Å². The zero-order valence-corrected chi connectivity index (χ0v) is 49.0. The predicted octanol–water partition coefficient (Wildman–Crippen LogP) is 14.5. The lowest BCUT2D eigenvalue weighted by Crippen LogP contribution is -2.37. The molecule has 0 bridgehead atoms. The molecule has 0 spiro atoms. The Labute approximate surface area is 471 Å². The molecule has 0 fully saturated rings. The van der Waals surface area contributed by atoms with Crippen LogP contribution in [0.1, 0.15) is 160 Å². The molecule has 16 heteroatoms. The number of benzene rings is 4. The van der Waals surface area contributed by atoms with Crippen molar-refractivity contribution < 1.29 is 61.1 Å². The van der Waals surface area contributed by atoms with Crippen LogP contribution in [0.2, 0.25) is 0 Å².